The van der Waals surface area contributed by atoms with Gasteiger partial charge in [-0.2, -0.15) is 0 Å². The zero-order valence-corrected chi connectivity index (χ0v) is 15.5. The van der Waals surface area contributed by atoms with Crippen LogP contribution >= 0.6 is 0 Å². The van der Waals surface area contributed by atoms with Crippen LogP contribution in [0, 0.1) is 12.8 Å². The van der Waals surface area contributed by atoms with Gasteiger partial charge in [0.1, 0.15) is 17.3 Å². The lowest BCUT2D eigenvalue weighted by Gasteiger charge is -2.15. The van der Waals surface area contributed by atoms with E-state index in [9.17, 15) is 14.7 Å². The Labute approximate surface area is 153 Å². The normalized spacial score (nSPS) is 12.0. The lowest BCUT2D eigenvalue weighted by atomic mass is 9.98. The molecule has 1 amide bonds. The summed E-state index contributed by atoms with van der Waals surface area (Å²) in [5.74, 6) is 0.0172. The molecule has 2 rings (SSSR count). The highest BCUT2D eigenvalue weighted by Crippen LogP contribution is 2.23. The van der Waals surface area contributed by atoms with E-state index in [1.807, 2.05) is 32.0 Å². The number of rotatable bonds is 8. The average molecular weight is 359 g/mol. The summed E-state index contributed by atoms with van der Waals surface area (Å²) in [6, 6.07) is 8.98. The first-order valence-electron chi connectivity index (χ1n) is 8.56. The number of amides is 1. The van der Waals surface area contributed by atoms with Crippen LogP contribution in [0.5, 0.6) is 5.75 Å². The maximum atomic E-state index is 12.4. The summed E-state index contributed by atoms with van der Waals surface area (Å²) in [6.45, 7) is 5.71. The SMILES string of the molecule is COc1ccccc1CC(CNC(=O)c1cc(C(C)C)oc1C)C(=O)O. The molecule has 0 saturated heterocycles. The minimum atomic E-state index is -0.969. The molecule has 1 aromatic heterocycles. The van der Waals surface area contributed by atoms with E-state index < -0.39 is 11.9 Å². The number of carbonyl (C=O) groups excluding carboxylic acids is 1. The number of aliphatic carboxylic acids is 1. The molecule has 0 bridgehead atoms. The smallest absolute Gasteiger partial charge is 0.308 e. The van der Waals surface area contributed by atoms with Crippen molar-refractivity contribution in [2.75, 3.05) is 13.7 Å². The zero-order valence-electron chi connectivity index (χ0n) is 15.5. The van der Waals surface area contributed by atoms with Crippen molar-refractivity contribution >= 4 is 11.9 Å². The quantitative estimate of drug-likeness (QED) is 0.754. The molecule has 2 aromatic rings. The van der Waals surface area contributed by atoms with Crippen LogP contribution in [0.15, 0.2) is 34.7 Å². The van der Waals surface area contributed by atoms with Crippen LogP contribution in [0.4, 0.5) is 0 Å². The molecule has 2 N–H and O–H groups in total. The second-order valence-electron chi connectivity index (χ2n) is 6.53. The van der Waals surface area contributed by atoms with E-state index in [-0.39, 0.29) is 24.8 Å². The van der Waals surface area contributed by atoms with Gasteiger partial charge in [0.25, 0.3) is 5.91 Å². The van der Waals surface area contributed by atoms with Gasteiger partial charge in [0.05, 0.1) is 18.6 Å². The molecule has 1 atom stereocenters. The Kier molecular flexibility index (Phi) is 6.44. The van der Waals surface area contributed by atoms with Gasteiger partial charge in [0.2, 0.25) is 0 Å². The molecule has 0 radical (unpaired) electrons. The molecule has 1 heterocycles. The molecular weight excluding hydrogens is 334 g/mol. The summed E-state index contributed by atoms with van der Waals surface area (Å²) in [7, 11) is 1.55. The number of carboxylic acids is 1. The van der Waals surface area contributed by atoms with Gasteiger partial charge in [-0.05, 0) is 31.0 Å². The fourth-order valence-corrected chi connectivity index (χ4v) is 2.71. The maximum absolute atomic E-state index is 12.4. The summed E-state index contributed by atoms with van der Waals surface area (Å²) in [5, 5.41) is 12.2. The van der Waals surface area contributed by atoms with Gasteiger partial charge in [-0.1, -0.05) is 32.0 Å². The molecule has 0 fully saturated rings. The topological polar surface area (TPSA) is 88.8 Å². The van der Waals surface area contributed by atoms with Crippen LogP contribution in [0.25, 0.3) is 0 Å². The van der Waals surface area contributed by atoms with Crippen LogP contribution in [0.3, 0.4) is 0 Å². The molecule has 6 heteroatoms. The van der Waals surface area contributed by atoms with Gasteiger partial charge in [0, 0.05) is 12.5 Å². The fourth-order valence-electron chi connectivity index (χ4n) is 2.71. The first kappa shape index (κ1) is 19.6. The minimum Gasteiger partial charge on any atom is -0.496 e. The number of benzene rings is 1. The fraction of sp³-hybridized carbons (Fsp3) is 0.400. The highest BCUT2D eigenvalue weighted by atomic mass is 16.5. The number of carbonyl (C=O) groups is 2. The number of hydrogen-bond acceptors (Lipinski definition) is 4. The number of para-hydroxylation sites is 1. The standard InChI is InChI=1S/C20H25NO5/c1-12(2)18-10-16(13(3)26-18)19(22)21-11-15(20(23)24)9-14-7-5-6-8-17(14)25-4/h5-8,10,12,15H,9,11H2,1-4H3,(H,21,22)(H,23,24). The van der Waals surface area contributed by atoms with E-state index in [2.05, 4.69) is 5.32 Å². The van der Waals surface area contributed by atoms with Crippen molar-refractivity contribution in [3.05, 3.63) is 53.0 Å². The largest absolute Gasteiger partial charge is 0.496 e. The Morgan fingerprint density at radius 2 is 1.96 bits per heavy atom. The first-order valence-corrected chi connectivity index (χ1v) is 8.56. The molecule has 1 unspecified atom stereocenters. The maximum Gasteiger partial charge on any atom is 0.308 e. The molecule has 0 aliphatic heterocycles. The Balaban J connectivity index is 2.06. The van der Waals surface area contributed by atoms with Crippen LogP contribution in [0.2, 0.25) is 0 Å². The lowest BCUT2D eigenvalue weighted by molar-refractivity contribution is -0.141. The second-order valence-corrected chi connectivity index (χ2v) is 6.53. The van der Waals surface area contributed by atoms with E-state index in [0.29, 0.717) is 17.1 Å². The molecular formula is C20H25NO5. The van der Waals surface area contributed by atoms with Crippen molar-refractivity contribution in [3.8, 4) is 5.75 Å². The van der Waals surface area contributed by atoms with Gasteiger partial charge in [-0.25, -0.2) is 0 Å². The van der Waals surface area contributed by atoms with Gasteiger partial charge < -0.3 is 19.6 Å². The van der Waals surface area contributed by atoms with Gasteiger partial charge in [0.15, 0.2) is 0 Å². The molecule has 0 aliphatic carbocycles. The van der Waals surface area contributed by atoms with E-state index >= 15 is 0 Å². The number of hydrogen-bond donors (Lipinski definition) is 2. The molecule has 6 nitrogen and oxygen atoms in total. The monoisotopic (exact) mass is 359 g/mol. The van der Waals surface area contributed by atoms with E-state index in [0.717, 1.165) is 11.3 Å². The van der Waals surface area contributed by atoms with E-state index in [1.165, 1.54) is 0 Å². The van der Waals surface area contributed by atoms with Gasteiger partial charge in [-0.3, -0.25) is 9.59 Å². The molecule has 1 aromatic carbocycles. The van der Waals surface area contributed by atoms with Crippen molar-refractivity contribution in [2.45, 2.75) is 33.1 Å². The Morgan fingerprint density at radius 3 is 2.54 bits per heavy atom. The molecule has 0 spiro atoms. The summed E-state index contributed by atoms with van der Waals surface area (Å²) in [5.41, 5.74) is 1.23. The van der Waals surface area contributed by atoms with Crippen molar-refractivity contribution < 1.29 is 23.8 Å². The van der Waals surface area contributed by atoms with Crippen molar-refractivity contribution in [1.29, 1.82) is 0 Å². The summed E-state index contributed by atoms with van der Waals surface area (Å²) >= 11 is 0. The van der Waals surface area contributed by atoms with Crippen molar-refractivity contribution in [2.24, 2.45) is 5.92 Å². The number of furan rings is 1. The van der Waals surface area contributed by atoms with Crippen molar-refractivity contribution in [1.82, 2.24) is 5.32 Å². The van der Waals surface area contributed by atoms with Crippen LogP contribution in [-0.2, 0) is 11.2 Å². The summed E-state index contributed by atoms with van der Waals surface area (Å²) in [6.07, 6.45) is 0.265. The Morgan fingerprint density at radius 1 is 1.27 bits per heavy atom. The third kappa shape index (κ3) is 4.65. The number of aryl methyl sites for hydroxylation is 1. The third-order valence-corrected chi connectivity index (χ3v) is 4.27. The van der Waals surface area contributed by atoms with E-state index in [4.69, 9.17) is 9.15 Å². The van der Waals surface area contributed by atoms with Crippen molar-refractivity contribution in [3.63, 3.8) is 0 Å². The van der Waals surface area contributed by atoms with Gasteiger partial charge >= 0.3 is 5.97 Å². The number of methoxy groups -OCH3 is 1. The highest BCUT2D eigenvalue weighted by molar-refractivity contribution is 5.95. The molecule has 0 aliphatic rings. The van der Waals surface area contributed by atoms with Crippen LogP contribution in [-0.4, -0.2) is 30.6 Å². The third-order valence-electron chi connectivity index (χ3n) is 4.27. The van der Waals surface area contributed by atoms with E-state index in [1.54, 1.807) is 26.2 Å². The number of nitrogens with one attached hydrogen (secondary N) is 1. The van der Waals surface area contributed by atoms with Gasteiger partial charge in [-0.15, -0.1) is 0 Å². The first-order chi connectivity index (χ1) is 12.3. The average Bonchev–Trinajstić information content (AvgIpc) is 3.00. The number of carboxylic acid groups (broad SMARTS) is 1. The molecule has 0 saturated carbocycles. The Bertz CT molecular complexity index is 778. The molecule has 140 valence electrons. The second kappa shape index (κ2) is 8.56. The highest BCUT2D eigenvalue weighted by Gasteiger charge is 2.22. The van der Waals surface area contributed by atoms with Crippen LogP contribution < -0.4 is 10.1 Å². The molecule has 26 heavy (non-hydrogen) atoms. The lowest BCUT2D eigenvalue weighted by Crippen LogP contribution is -2.34. The predicted octanol–water partition coefficient (Wildman–Crippen LogP) is 3.39. The summed E-state index contributed by atoms with van der Waals surface area (Å²) < 4.78 is 10.9. The minimum absolute atomic E-state index is 0.0217. The number of ether oxygens (including phenoxy) is 1. The summed E-state index contributed by atoms with van der Waals surface area (Å²) in [4.78, 5) is 24.0. The zero-order chi connectivity index (χ0) is 19.3. The van der Waals surface area contributed by atoms with Crippen LogP contribution in [0.1, 0.15) is 47.2 Å². The predicted molar refractivity (Wildman–Crippen MR) is 97.7 cm³/mol. The Hall–Kier alpha value is -2.76.